The van der Waals surface area contributed by atoms with Gasteiger partial charge in [0.15, 0.2) is 0 Å². The van der Waals surface area contributed by atoms with Gasteiger partial charge in [-0.25, -0.2) is 14.8 Å². The standard InChI is InChI=1S/C13H12ClN3O2S/c1-17(11-6-12(20-2)16-7-15-11)8-3-4-10(14)9(5-8)13(18)19/h3-7H,1-2H3,(H,18,19). The third-order valence-corrected chi connectivity index (χ3v) is 3.72. The number of aromatic carboxylic acids is 1. The molecule has 0 atom stereocenters. The molecule has 0 aliphatic rings. The van der Waals surface area contributed by atoms with E-state index in [9.17, 15) is 4.79 Å². The van der Waals surface area contributed by atoms with Crippen LogP contribution in [-0.2, 0) is 0 Å². The van der Waals surface area contributed by atoms with E-state index >= 15 is 0 Å². The molecule has 1 heterocycles. The predicted octanol–water partition coefficient (Wildman–Crippen LogP) is 3.32. The number of benzene rings is 1. The minimum Gasteiger partial charge on any atom is -0.478 e. The van der Waals surface area contributed by atoms with Crippen LogP contribution in [0.25, 0.3) is 0 Å². The molecule has 5 nitrogen and oxygen atoms in total. The number of halogens is 1. The second-order valence-corrected chi connectivity index (χ2v) is 5.18. The van der Waals surface area contributed by atoms with Gasteiger partial charge in [-0.05, 0) is 24.5 Å². The molecular formula is C13H12ClN3O2S. The maximum absolute atomic E-state index is 11.1. The van der Waals surface area contributed by atoms with Crippen LogP contribution in [0.2, 0.25) is 5.02 Å². The lowest BCUT2D eigenvalue weighted by Gasteiger charge is -2.19. The molecule has 1 N–H and O–H groups in total. The second-order valence-electron chi connectivity index (χ2n) is 3.95. The van der Waals surface area contributed by atoms with Gasteiger partial charge in [0, 0.05) is 18.8 Å². The predicted molar refractivity (Wildman–Crippen MR) is 80.3 cm³/mol. The Bertz CT molecular complexity index is 651. The minimum absolute atomic E-state index is 0.0650. The largest absolute Gasteiger partial charge is 0.478 e. The van der Waals surface area contributed by atoms with E-state index in [0.29, 0.717) is 11.5 Å². The van der Waals surface area contributed by atoms with E-state index in [1.165, 1.54) is 24.2 Å². The van der Waals surface area contributed by atoms with E-state index < -0.39 is 5.97 Å². The summed E-state index contributed by atoms with van der Waals surface area (Å²) in [5.74, 6) is -0.374. The number of hydrogen-bond donors (Lipinski definition) is 1. The third-order valence-electron chi connectivity index (χ3n) is 2.75. The Morgan fingerprint density at radius 1 is 1.35 bits per heavy atom. The lowest BCUT2D eigenvalue weighted by atomic mass is 10.2. The molecule has 1 aromatic heterocycles. The smallest absolute Gasteiger partial charge is 0.337 e. The van der Waals surface area contributed by atoms with Gasteiger partial charge in [0.05, 0.1) is 10.6 Å². The average Bonchev–Trinajstić information content (AvgIpc) is 2.46. The van der Waals surface area contributed by atoms with Crippen molar-refractivity contribution in [1.82, 2.24) is 9.97 Å². The van der Waals surface area contributed by atoms with Crippen molar-refractivity contribution in [1.29, 1.82) is 0 Å². The zero-order chi connectivity index (χ0) is 14.7. The number of anilines is 2. The van der Waals surface area contributed by atoms with Crippen LogP contribution < -0.4 is 4.90 Å². The molecule has 0 amide bonds. The first kappa shape index (κ1) is 14.6. The van der Waals surface area contributed by atoms with Gasteiger partial charge in [-0.2, -0.15) is 0 Å². The molecule has 0 aliphatic heterocycles. The molecule has 0 radical (unpaired) electrons. The van der Waals surface area contributed by atoms with E-state index in [-0.39, 0.29) is 10.6 Å². The van der Waals surface area contributed by atoms with Crippen molar-refractivity contribution in [3.63, 3.8) is 0 Å². The van der Waals surface area contributed by atoms with Crippen molar-refractivity contribution in [3.8, 4) is 0 Å². The lowest BCUT2D eigenvalue weighted by molar-refractivity contribution is 0.0697. The van der Waals surface area contributed by atoms with E-state index in [1.807, 2.05) is 12.3 Å². The van der Waals surface area contributed by atoms with Crippen molar-refractivity contribution < 1.29 is 9.90 Å². The summed E-state index contributed by atoms with van der Waals surface area (Å²) in [6.45, 7) is 0. The van der Waals surface area contributed by atoms with Crippen LogP contribution in [0.15, 0.2) is 35.6 Å². The number of aromatic nitrogens is 2. The van der Waals surface area contributed by atoms with Crippen molar-refractivity contribution in [3.05, 3.63) is 41.2 Å². The quantitative estimate of drug-likeness (QED) is 0.690. The van der Waals surface area contributed by atoms with Crippen LogP contribution in [0.1, 0.15) is 10.4 Å². The molecule has 104 valence electrons. The fourth-order valence-electron chi connectivity index (χ4n) is 1.64. The zero-order valence-electron chi connectivity index (χ0n) is 10.9. The number of nitrogens with zero attached hydrogens (tertiary/aromatic N) is 3. The molecule has 0 unspecified atom stereocenters. The number of carboxylic acid groups (broad SMARTS) is 1. The Hall–Kier alpha value is -1.79. The van der Waals surface area contributed by atoms with E-state index in [2.05, 4.69) is 9.97 Å². The highest BCUT2D eigenvalue weighted by atomic mass is 35.5. The number of hydrogen-bond acceptors (Lipinski definition) is 5. The van der Waals surface area contributed by atoms with Crippen molar-refractivity contribution in [2.24, 2.45) is 0 Å². The molecule has 0 fully saturated rings. The number of thioether (sulfide) groups is 1. The fraction of sp³-hybridized carbons (Fsp3) is 0.154. The van der Waals surface area contributed by atoms with Crippen LogP contribution in [-0.4, -0.2) is 34.3 Å². The summed E-state index contributed by atoms with van der Waals surface area (Å²) in [4.78, 5) is 21.2. The van der Waals surface area contributed by atoms with Gasteiger partial charge in [-0.1, -0.05) is 11.6 Å². The Morgan fingerprint density at radius 2 is 2.10 bits per heavy atom. The summed E-state index contributed by atoms with van der Waals surface area (Å²) >= 11 is 7.37. The maximum Gasteiger partial charge on any atom is 0.337 e. The molecule has 0 aliphatic carbocycles. The van der Waals surface area contributed by atoms with Gasteiger partial charge in [-0.15, -0.1) is 11.8 Å². The summed E-state index contributed by atoms with van der Waals surface area (Å²) in [6.07, 6.45) is 3.41. The van der Waals surface area contributed by atoms with Crippen LogP contribution in [0.4, 0.5) is 11.5 Å². The van der Waals surface area contributed by atoms with Crippen LogP contribution in [0.3, 0.4) is 0 Å². The Kier molecular flexibility index (Phi) is 4.46. The highest BCUT2D eigenvalue weighted by molar-refractivity contribution is 7.98. The normalized spacial score (nSPS) is 10.3. The van der Waals surface area contributed by atoms with Crippen molar-refractivity contribution >= 4 is 40.8 Å². The molecule has 2 aromatic rings. The maximum atomic E-state index is 11.1. The first-order valence-electron chi connectivity index (χ1n) is 5.65. The molecule has 0 saturated heterocycles. The van der Waals surface area contributed by atoms with Gasteiger partial charge in [0.25, 0.3) is 0 Å². The Morgan fingerprint density at radius 3 is 2.75 bits per heavy atom. The molecule has 0 bridgehead atoms. The Labute approximate surface area is 125 Å². The van der Waals surface area contributed by atoms with Gasteiger partial charge < -0.3 is 10.0 Å². The van der Waals surface area contributed by atoms with Crippen LogP contribution in [0, 0.1) is 0 Å². The molecule has 0 spiro atoms. The van der Waals surface area contributed by atoms with Gasteiger partial charge >= 0.3 is 5.97 Å². The summed E-state index contributed by atoms with van der Waals surface area (Å²) in [5, 5.41) is 10.1. The van der Waals surface area contributed by atoms with Crippen LogP contribution in [0.5, 0.6) is 0 Å². The highest BCUT2D eigenvalue weighted by Crippen LogP contribution is 2.27. The summed E-state index contributed by atoms with van der Waals surface area (Å²) in [5.41, 5.74) is 0.757. The highest BCUT2D eigenvalue weighted by Gasteiger charge is 2.13. The SMILES string of the molecule is CSc1cc(N(C)c2ccc(Cl)c(C(=O)O)c2)ncn1. The number of carboxylic acids is 1. The monoisotopic (exact) mass is 309 g/mol. The first-order valence-corrected chi connectivity index (χ1v) is 7.26. The van der Waals surface area contributed by atoms with Gasteiger partial charge in [0.1, 0.15) is 17.2 Å². The number of carbonyl (C=O) groups is 1. The second kappa shape index (κ2) is 6.11. The molecule has 20 heavy (non-hydrogen) atoms. The zero-order valence-corrected chi connectivity index (χ0v) is 12.4. The molecule has 0 saturated carbocycles. The van der Waals surface area contributed by atoms with Gasteiger partial charge in [-0.3, -0.25) is 0 Å². The lowest BCUT2D eigenvalue weighted by Crippen LogP contribution is -2.12. The summed E-state index contributed by atoms with van der Waals surface area (Å²) < 4.78 is 0. The topological polar surface area (TPSA) is 66.3 Å². The van der Waals surface area contributed by atoms with Crippen LogP contribution >= 0.6 is 23.4 Å². The third kappa shape index (κ3) is 3.02. The average molecular weight is 310 g/mol. The Balaban J connectivity index is 2.40. The van der Waals surface area contributed by atoms with E-state index in [0.717, 1.165) is 5.03 Å². The van der Waals surface area contributed by atoms with E-state index in [1.54, 1.807) is 24.1 Å². The molecular weight excluding hydrogens is 298 g/mol. The molecule has 2 rings (SSSR count). The molecule has 1 aromatic carbocycles. The van der Waals surface area contributed by atoms with Crippen molar-refractivity contribution in [2.75, 3.05) is 18.2 Å². The summed E-state index contributed by atoms with van der Waals surface area (Å²) in [6, 6.07) is 6.66. The summed E-state index contributed by atoms with van der Waals surface area (Å²) in [7, 11) is 1.81. The van der Waals surface area contributed by atoms with Gasteiger partial charge in [0.2, 0.25) is 0 Å². The molecule has 7 heteroatoms. The number of rotatable bonds is 4. The fourth-order valence-corrected chi connectivity index (χ4v) is 2.22. The van der Waals surface area contributed by atoms with E-state index in [4.69, 9.17) is 16.7 Å². The first-order chi connectivity index (χ1) is 9.52. The van der Waals surface area contributed by atoms with Crippen molar-refractivity contribution in [2.45, 2.75) is 5.03 Å². The minimum atomic E-state index is -1.06.